The second-order valence-electron chi connectivity index (χ2n) is 7.42. The summed E-state index contributed by atoms with van der Waals surface area (Å²) in [5.74, 6) is -0.155. The zero-order valence-electron chi connectivity index (χ0n) is 16.0. The van der Waals surface area contributed by atoms with Gasteiger partial charge in [-0.15, -0.1) is 0 Å². The standard InChI is InChI=1S/C24H24ClFN2/c1-18-7-6-8-19(15-18)16-27-13-14-28(17-20-9-2-5-12-23(20)26)24(27)21-10-3-4-11-22(21)25/h2-12,15,24H,13-14,16-17H2,1H3. The fourth-order valence-corrected chi connectivity index (χ4v) is 4.27. The van der Waals surface area contributed by atoms with E-state index in [1.165, 1.54) is 17.2 Å². The molecule has 1 aliphatic rings. The van der Waals surface area contributed by atoms with E-state index < -0.39 is 0 Å². The van der Waals surface area contributed by atoms with Gasteiger partial charge < -0.3 is 0 Å². The Morgan fingerprint density at radius 1 is 0.893 bits per heavy atom. The van der Waals surface area contributed by atoms with Crippen LogP contribution in [0.2, 0.25) is 5.02 Å². The van der Waals surface area contributed by atoms with Gasteiger partial charge in [-0.05, 0) is 24.6 Å². The minimum Gasteiger partial charge on any atom is -0.278 e. The Morgan fingerprint density at radius 2 is 1.61 bits per heavy atom. The molecule has 0 aliphatic carbocycles. The van der Waals surface area contributed by atoms with Crippen molar-refractivity contribution in [3.63, 3.8) is 0 Å². The molecule has 0 saturated carbocycles. The third-order valence-corrected chi connectivity index (χ3v) is 5.69. The highest BCUT2D eigenvalue weighted by Crippen LogP contribution is 2.36. The molecule has 0 aromatic heterocycles. The van der Waals surface area contributed by atoms with Crippen molar-refractivity contribution in [2.24, 2.45) is 0 Å². The fraction of sp³-hybridized carbons (Fsp3) is 0.250. The van der Waals surface area contributed by atoms with Gasteiger partial charge in [0.2, 0.25) is 0 Å². The summed E-state index contributed by atoms with van der Waals surface area (Å²) in [6.45, 7) is 5.30. The number of halogens is 2. The van der Waals surface area contributed by atoms with Crippen molar-refractivity contribution in [3.8, 4) is 0 Å². The highest BCUT2D eigenvalue weighted by molar-refractivity contribution is 6.31. The molecule has 3 aromatic rings. The van der Waals surface area contributed by atoms with E-state index in [0.29, 0.717) is 6.54 Å². The first-order valence-electron chi connectivity index (χ1n) is 9.63. The summed E-state index contributed by atoms with van der Waals surface area (Å²) in [5.41, 5.74) is 4.33. The van der Waals surface area contributed by atoms with Crippen LogP contribution in [-0.2, 0) is 13.1 Å². The molecule has 0 bridgehead atoms. The fourth-order valence-electron chi connectivity index (χ4n) is 4.03. The average molecular weight is 395 g/mol. The molecule has 4 heteroatoms. The molecule has 28 heavy (non-hydrogen) atoms. The molecular formula is C24H24ClFN2. The van der Waals surface area contributed by atoms with Crippen LogP contribution in [0.3, 0.4) is 0 Å². The number of rotatable bonds is 5. The highest BCUT2D eigenvalue weighted by atomic mass is 35.5. The Bertz CT molecular complexity index is 959. The van der Waals surface area contributed by atoms with E-state index in [2.05, 4.69) is 47.1 Å². The number of benzene rings is 3. The predicted molar refractivity (Wildman–Crippen MR) is 113 cm³/mol. The maximum Gasteiger partial charge on any atom is 0.127 e. The first-order chi connectivity index (χ1) is 13.6. The van der Waals surface area contributed by atoms with Crippen molar-refractivity contribution in [1.29, 1.82) is 0 Å². The van der Waals surface area contributed by atoms with Crippen LogP contribution in [0.1, 0.15) is 28.4 Å². The number of hydrogen-bond acceptors (Lipinski definition) is 2. The summed E-state index contributed by atoms with van der Waals surface area (Å²) in [5, 5.41) is 0.752. The summed E-state index contributed by atoms with van der Waals surface area (Å²) in [6, 6.07) is 23.6. The quantitative estimate of drug-likeness (QED) is 0.539. The van der Waals surface area contributed by atoms with E-state index >= 15 is 0 Å². The van der Waals surface area contributed by atoms with Crippen molar-refractivity contribution >= 4 is 11.6 Å². The summed E-state index contributed by atoms with van der Waals surface area (Å²) in [7, 11) is 0. The SMILES string of the molecule is Cc1cccc(CN2CCN(Cc3ccccc3F)C2c2ccccc2Cl)c1. The van der Waals surface area contributed by atoms with Crippen LogP contribution in [0, 0.1) is 12.7 Å². The van der Waals surface area contributed by atoms with Crippen LogP contribution in [0.15, 0.2) is 72.8 Å². The molecule has 0 radical (unpaired) electrons. The van der Waals surface area contributed by atoms with Gasteiger partial charge in [0.05, 0.1) is 6.17 Å². The molecular weight excluding hydrogens is 371 g/mol. The van der Waals surface area contributed by atoms with Gasteiger partial charge in [0.1, 0.15) is 5.82 Å². The molecule has 0 amide bonds. The molecule has 1 aliphatic heterocycles. The van der Waals surface area contributed by atoms with Crippen LogP contribution < -0.4 is 0 Å². The van der Waals surface area contributed by atoms with E-state index in [1.54, 1.807) is 6.07 Å². The second kappa shape index (κ2) is 8.44. The summed E-state index contributed by atoms with van der Waals surface area (Å²) in [6.07, 6.45) is 0.0221. The summed E-state index contributed by atoms with van der Waals surface area (Å²) >= 11 is 6.57. The number of hydrogen-bond donors (Lipinski definition) is 0. The normalized spacial score (nSPS) is 17.9. The van der Waals surface area contributed by atoms with E-state index in [0.717, 1.165) is 35.8 Å². The van der Waals surface area contributed by atoms with Crippen molar-refractivity contribution in [1.82, 2.24) is 9.80 Å². The van der Waals surface area contributed by atoms with Gasteiger partial charge in [-0.2, -0.15) is 0 Å². The highest BCUT2D eigenvalue weighted by Gasteiger charge is 2.34. The van der Waals surface area contributed by atoms with Gasteiger partial charge >= 0.3 is 0 Å². The molecule has 2 nitrogen and oxygen atoms in total. The molecule has 1 unspecified atom stereocenters. The van der Waals surface area contributed by atoms with Crippen LogP contribution in [0.5, 0.6) is 0 Å². The van der Waals surface area contributed by atoms with Gasteiger partial charge in [-0.3, -0.25) is 9.80 Å². The Balaban J connectivity index is 1.65. The second-order valence-corrected chi connectivity index (χ2v) is 7.82. The molecule has 1 atom stereocenters. The number of nitrogens with zero attached hydrogens (tertiary/aromatic N) is 2. The zero-order valence-corrected chi connectivity index (χ0v) is 16.7. The maximum atomic E-state index is 14.3. The lowest BCUT2D eigenvalue weighted by atomic mass is 10.1. The van der Waals surface area contributed by atoms with Gasteiger partial charge in [-0.1, -0.05) is 77.8 Å². The van der Waals surface area contributed by atoms with E-state index in [4.69, 9.17) is 11.6 Å². The van der Waals surface area contributed by atoms with E-state index in [9.17, 15) is 4.39 Å². The lowest BCUT2D eigenvalue weighted by molar-refractivity contribution is 0.125. The first kappa shape index (κ1) is 19.1. The molecule has 1 saturated heterocycles. The van der Waals surface area contributed by atoms with E-state index in [1.807, 2.05) is 30.3 Å². The predicted octanol–water partition coefficient (Wildman–Crippen LogP) is 5.80. The smallest absolute Gasteiger partial charge is 0.127 e. The lowest BCUT2D eigenvalue weighted by Crippen LogP contribution is -2.31. The van der Waals surface area contributed by atoms with Crippen LogP contribution >= 0.6 is 11.6 Å². The Kier molecular flexibility index (Phi) is 5.77. The first-order valence-corrected chi connectivity index (χ1v) is 10.0. The van der Waals surface area contributed by atoms with Gasteiger partial charge in [0.25, 0.3) is 0 Å². The molecule has 0 N–H and O–H groups in total. The Labute approximate surface area is 171 Å². The van der Waals surface area contributed by atoms with Crippen LogP contribution in [0.4, 0.5) is 4.39 Å². The largest absolute Gasteiger partial charge is 0.278 e. The van der Waals surface area contributed by atoms with Crippen LogP contribution in [-0.4, -0.2) is 22.9 Å². The van der Waals surface area contributed by atoms with Crippen molar-refractivity contribution in [2.45, 2.75) is 26.2 Å². The topological polar surface area (TPSA) is 6.48 Å². The molecule has 3 aromatic carbocycles. The van der Waals surface area contributed by atoms with Gasteiger partial charge in [0.15, 0.2) is 0 Å². The number of aryl methyl sites for hydroxylation is 1. The zero-order chi connectivity index (χ0) is 19.5. The monoisotopic (exact) mass is 394 g/mol. The minimum absolute atomic E-state index is 0.0221. The van der Waals surface area contributed by atoms with Crippen molar-refractivity contribution < 1.29 is 4.39 Å². The average Bonchev–Trinajstić information content (AvgIpc) is 3.06. The van der Waals surface area contributed by atoms with Gasteiger partial charge in [-0.25, -0.2) is 4.39 Å². The third-order valence-electron chi connectivity index (χ3n) is 5.35. The Hall–Kier alpha value is -2.20. The molecule has 0 spiro atoms. The van der Waals surface area contributed by atoms with Crippen LogP contribution in [0.25, 0.3) is 0 Å². The minimum atomic E-state index is -0.155. The summed E-state index contributed by atoms with van der Waals surface area (Å²) < 4.78 is 14.3. The van der Waals surface area contributed by atoms with Crippen molar-refractivity contribution in [3.05, 3.63) is 106 Å². The molecule has 4 rings (SSSR count). The summed E-state index contributed by atoms with van der Waals surface area (Å²) in [4.78, 5) is 4.74. The van der Waals surface area contributed by atoms with Gasteiger partial charge in [0, 0.05) is 42.3 Å². The van der Waals surface area contributed by atoms with Crippen molar-refractivity contribution in [2.75, 3.05) is 13.1 Å². The maximum absolute atomic E-state index is 14.3. The molecule has 144 valence electrons. The van der Waals surface area contributed by atoms with E-state index in [-0.39, 0.29) is 12.0 Å². The lowest BCUT2D eigenvalue weighted by Gasteiger charge is -2.31. The molecule has 1 fully saturated rings. The molecule has 1 heterocycles. The third kappa shape index (κ3) is 4.12. The Morgan fingerprint density at radius 3 is 2.36 bits per heavy atom.